The normalized spacial score (nSPS) is 38.4. The highest BCUT2D eigenvalue weighted by molar-refractivity contribution is 4.77. The molecule has 2 atom stereocenters. The molecule has 2 saturated heterocycles. The van der Waals surface area contributed by atoms with Gasteiger partial charge in [-0.15, -0.1) is 0 Å². The summed E-state index contributed by atoms with van der Waals surface area (Å²) in [5.41, 5.74) is 0. The Balaban J connectivity index is 1.76. The molecule has 0 aromatic carbocycles. The Morgan fingerprint density at radius 2 is 2.00 bits per heavy atom. The molecule has 0 aromatic rings. The second-order valence-corrected chi connectivity index (χ2v) is 4.90. The number of ether oxygens (including phenoxy) is 2. The maximum Gasteiger partial charge on any atom is 0.165 e. The molecule has 0 aliphatic carbocycles. The van der Waals surface area contributed by atoms with Crippen molar-refractivity contribution in [3.63, 3.8) is 0 Å². The van der Waals surface area contributed by atoms with Gasteiger partial charge in [-0.3, -0.25) is 0 Å². The van der Waals surface area contributed by atoms with Crippen LogP contribution in [0.25, 0.3) is 0 Å². The van der Waals surface area contributed by atoms with Gasteiger partial charge in [0.25, 0.3) is 0 Å². The van der Waals surface area contributed by atoms with Gasteiger partial charge < -0.3 is 14.4 Å². The zero-order valence-corrected chi connectivity index (χ0v) is 10.00. The number of hydrogen-bond donors (Lipinski definition) is 0. The molecule has 3 heteroatoms. The lowest BCUT2D eigenvalue weighted by Crippen LogP contribution is -2.38. The van der Waals surface area contributed by atoms with Crippen LogP contribution in [0, 0.1) is 0 Å². The summed E-state index contributed by atoms with van der Waals surface area (Å²) in [6.07, 6.45) is 5.31. The minimum absolute atomic E-state index is 0.285. The lowest BCUT2D eigenvalue weighted by Gasteiger charge is -2.29. The van der Waals surface area contributed by atoms with E-state index in [1.807, 2.05) is 6.92 Å². The summed E-state index contributed by atoms with van der Waals surface area (Å²) < 4.78 is 11.6. The Hall–Kier alpha value is -0.120. The second-order valence-electron chi connectivity index (χ2n) is 4.90. The van der Waals surface area contributed by atoms with E-state index < -0.39 is 0 Å². The van der Waals surface area contributed by atoms with Gasteiger partial charge in [-0.2, -0.15) is 0 Å². The maximum absolute atomic E-state index is 5.94. The quantitative estimate of drug-likeness (QED) is 0.716. The minimum Gasteiger partial charge on any atom is -0.347 e. The zero-order valence-electron chi connectivity index (χ0n) is 10.00. The van der Waals surface area contributed by atoms with Crippen LogP contribution in [0.3, 0.4) is 0 Å². The molecule has 0 spiro atoms. The summed E-state index contributed by atoms with van der Waals surface area (Å²) in [7, 11) is 0. The second kappa shape index (κ2) is 4.81. The highest BCUT2D eigenvalue weighted by Crippen LogP contribution is 2.27. The molecule has 2 fully saturated rings. The smallest absolute Gasteiger partial charge is 0.165 e. The van der Waals surface area contributed by atoms with E-state index in [1.165, 1.54) is 32.4 Å². The molecule has 2 unspecified atom stereocenters. The van der Waals surface area contributed by atoms with Gasteiger partial charge >= 0.3 is 0 Å². The van der Waals surface area contributed by atoms with Crippen LogP contribution >= 0.6 is 0 Å². The van der Waals surface area contributed by atoms with Crippen LogP contribution < -0.4 is 0 Å². The Morgan fingerprint density at radius 3 is 2.60 bits per heavy atom. The van der Waals surface area contributed by atoms with E-state index in [0.29, 0.717) is 0 Å². The molecular formula is C12H23NO2. The molecule has 0 bridgehead atoms. The monoisotopic (exact) mass is 213 g/mol. The van der Waals surface area contributed by atoms with Crippen LogP contribution in [-0.2, 0) is 9.47 Å². The summed E-state index contributed by atoms with van der Waals surface area (Å²) in [6, 6.07) is 0. The maximum atomic E-state index is 5.94. The average molecular weight is 213 g/mol. The number of likely N-dealkylation sites (tertiary alicyclic amines) is 1. The lowest BCUT2D eigenvalue weighted by atomic mass is 10.1. The molecule has 2 heterocycles. The van der Waals surface area contributed by atoms with Crippen molar-refractivity contribution in [3.05, 3.63) is 0 Å². The van der Waals surface area contributed by atoms with Crippen molar-refractivity contribution in [1.29, 1.82) is 0 Å². The van der Waals surface area contributed by atoms with Gasteiger partial charge in [-0.1, -0.05) is 13.3 Å². The predicted octanol–water partition coefficient (Wildman–Crippen LogP) is 2.01. The van der Waals surface area contributed by atoms with Crippen LogP contribution in [0.4, 0.5) is 0 Å². The molecule has 3 nitrogen and oxygen atoms in total. The van der Waals surface area contributed by atoms with Crippen molar-refractivity contribution in [2.75, 3.05) is 26.2 Å². The summed E-state index contributed by atoms with van der Waals surface area (Å²) in [6.45, 7) is 8.45. The summed E-state index contributed by atoms with van der Waals surface area (Å²) in [5, 5.41) is 0. The van der Waals surface area contributed by atoms with E-state index >= 15 is 0 Å². The van der Waals surface area contributed by atoms with E-state index in [4.69, 9.17) is 9.47 Å². The first-order chi connectivity index (χ1) is 7.22. The van der Waals surface area contributed by atoms with Crippen molar-refractivity contribution in [2.24, 2.45) is 0 Å². The molecule has 0 N–H and O–H groups in total. The zero-order chi connectivity index (χ0) is 10.7. The van der Waals surface area contributed by atoms with Crippen LogP contribution in [0.2, 0.25) is 0 Å². The largest absolute Gasteiger partial charge is 0.347 e. The van der Waals surface area contributed by atoms with Gasteiger partial charge in [0.2, 0.25) is 0 Å². The first-order valence-electron chi connectivity index (χ1n) is 6.26. The standard InChI is InChI=1S/C12H23NO2/c1-3-12(2)14-10-11(15-12)9-13-7-5-4-6-8-13/h11H,3-10H2,1-2H3. The third-order valence-electron chi connectivity index (χ3n) is 3.54. The number of nitrogens with zero attached hydrogens (tertiary/aromatic N) is 1. The number of hydrogen-bond acceptors (Lipinski definition) is 3. The molecule has 0 aromatic heterocycles. The summed E-state index contributed by atoms with van der Waals surface area (Å²) in [4.78, 5) is 2.51. The van der Waals surface area contributed by atoms with Crippen LogP contribution in [0.1, 0.15) is 39.5 Å². The first kappa shape index (κ1) is 11.4. The van der Waals surface area contributed by atoms with Crippen LogP contribution in [0.5, 0.6) is 0 Å². The molecule has 88 valence electrons. The van der Waals surface area contributed by atoms with Crippen LogP contribution in [-0.4, -0.2) is 43.0 Å². The fourth-order valence-electron chi connectivity index (χ4n) is 2.40. The van der Waals surface area contributed by atoms with Gasteiger partial charge in [0.15, 0.2) is 5.79 Å². The van der Waals surface area contributed by atoms with Crippen LogP contribution in [0.15, 0.2) is 0 Å². The van der Waals surface area contributed by atoms with Crippen molar-refractivity contribution in [2.45, 2.75) is 51.4 Å². The van der Waals surface area contributed by atoms with Gasteiger partial charge in [-0.25, -0.2) is 0 Å². The molecule has 15 heavy (non-hydrogen) atoms. The van der Waals surface area contributed by atoms with Gasteiger partial charge in [0.05, 0.1) is 12.7 Å². The topological polar surface area (TPSA) is 21.7 Å². The highest BCUT2D eigenvalue weighted by atomic mass is 16.7. The summed E-state index contributed by atoms with van der Waals surface area (Å²) >= 11 is 0. The van der Waals surface area contributed by atoms with Gasteiger partial charge in [-0.05, 0) is 39.3 Å². The fraction of sp³-hybridized carbons (Fsp3) is 1.00. The molecule has 2 rings (SSSR count). The van der Waals surface area contributed by atoms with E-state index in [0.717, 1.165) is 19.6 Å². The Kier molecular flexibility index (Phi) is 3.65. The molecule has 0 saturated carbocycles. The lowest BCUT2D eigenvalue weighted by molar-refractivity contribution is -0.157. The third kappa shape index (κ3) is 2.92. The Morgan fingerprint density at radius 1 is 1.27 bits per heavy atom. The fourth-order valence-corrected chi connectivity index (χ4v) is 2.40. The molecule has 0 radical (unpaired) electrons. The average Bonchev–Trinajstić information content (AvgIpc) is 2.63. The highest BCUT2D eigenvalue weighted by Gasteiger charge is 2.36. The van der Waals surface area contributed by atoms with Crippen molar-refractivity contribution >= 4 is 0 Å². The van der Waals surface area contributed by atoms with Gasteiger partial charge in [0.1, 0.15) is 0 Å². The Labute approximate surface area is 92.7 Å². The predicted molar refractivity (Wildman–Crippen MR) is 59.8 cm³/mol. The minimum atomic E-state index is -0.319. The van der Waals surface area contributed by atoms with E-state index in [9.17, 15) is 0 Å². The first-order valence-corrected chi connectivity index (χ1v) is 6.26. The van der Waals surface area contributed by atoms with Crippen molar-refractivity contribution < 1.29 is 9.47 Å². The molecule has 2 aliphatic rings. The number of piperidine rings is 1. The number of rotatable bonds is 3. The van der Waals surface area contributed by atoms with Crippen molar-refractivity contribution in [3.8, 4) is 0 Å². The SMILES string of the molecule is CCC1(C)OCC(CN2CCCCC2)O1. The van der Waals surface area contributed by atoms with E-state index in [-0.39, 0.29) is 11.9 Å². The molecule has 2 aliphatic heterocycles. The van der Waals surface area contributed by atoms with Crippen molar-refractivity contribution in [1.82, 2.24) is 4.90 Å². The summed E-state index contributed by atoms with van der Waals surface area (Å²) in [5.74, 6) is -0.319. The molecular weight excluding hydrogens is 190 g/mol. The van der Waals surface area contributed by atoms with E-state index in [2.05, 4.69) is 11.8 Å². The Bertz CT molecular complexity index is 204. The van der Waals surface area contributed by atoms with Gasteiger partial charge in [0, 0.05) is 6.54 Å². The van der Waals surface area contributed by atoms with E-state index in [1.54, 1.807) is 0 Å². The molecule has 0 amide bonds. The third-order valence-corrected chi connectivity index (χ3v) is 3.54.